The minimum Gasteiger partial charge on any atom is -0.482 e. The van der Waals surface area contributed by atoms with E-state index in [0.717, 1.165) is 12.0 Å². The molecule has 1 amide bonds. The SMILES string of the molecule is N#CCCC1(c2ccc3c(c2)NC(=O)CO3)COC1. The van der Waals surface area contributed by atoms with Crippen LogP contribution < -0.4 is 10.1 Å². The highest BCUT2D eigenvalue weighted by Crippen LogP contribution is 2.40. The van der Waals surface area contributed by atoms with Gasteiger partial charge in [0.15, 0.2) is 6.61 Å². The molecule has 0 saturated carbocycles. The molecular formula is C14H14N2O3. The second-order valence-electron chi connectivity index (χ2n) is 4.98. The molecule has 2 aliphatic heterocycles. The lowest BCUT2D eigenvalue weighted by Gasteiger charge is -2.42. The number of fused-ring (bicyclic) bond motifs is 1. The Bertz CT molecular complexity index is 558. The van der Waals surface area contributed by atoms with E-state index in [2.05, 4.69) is 11.4 Å². The molecule has 1 fully saturated rings. The lowest BCUT2D eigenvalue weighted by Crippen LogP contribution is -2.46. The van der Waals surface area contributed by atoms with E-state index in [9.17, 15) is 4.79 Å². The zero-order valence-corrected chi connectivity index (χ0v) is 10.4. The van der Waals surface area contributed by atoms with Crippen LogP contribution in [0.4, 0.5) is 5.69 Å². The molecule has 1 aromatic carbocycles. The van der Waals surface area contributed by atoms with Gasteiger partial charge in [0, 0.05) is 11.8 Å². The number of anilines is 1. The van der Waals surface area contributed by atoms with Gasteiger partial charge in [0.05, 0.1) is 25.0 Å². The van der Waals surface area contributed by atoms with Crippen molar-refractivity contribution < 1.29 is 14.3 Å². The van der Waals surface area contributed by atoms with E-state index in [1.165, 1.54) is 0 Å². The van der Waals surface area contributed by atoms with Crippen molar-refractivity contribution in [1.29, 1.82) is 5.26 Å². The number of hydrogen-bond donors (Lipinski definition) is 1. The number of nitriles is 1. The third-order valence-corrected chi connectivity index (χ3v) is 3.70. The van der Waals surface area contributed by atoms with Gasteiger partial charge in [-0.15, -0.1) is 0 Å². The van der Waals surface area contributed by atoms with Crippen molar-refractivity contribution in [3.63, 3.8) is 0 Å². The molecule has 5 heteroatoms. The summed E-state index contributed by atoms with van der Waals surface area (Å²) in [6.45, 7) is 1.32. The molecule has 0 atom stereocenters. The summed E-state index contributed by atoms with van der Waals surface area (Å²) >= 11 is 0. The molecule has 0 spiro atoms. The summed E-state index contributed by atoms with van der Waals surface area (Å²) in [5.74, 6) is 0.555. The van der Waals surface area contributed by atoms with Crippen LogP contribution in [0.25, 0.3) is 0 Å². The smallest absolute Gasteiger partial charge is 0.262 e. The number of nitrogens with one attached hydrogen (secondary N) is 1. The zero-order chi connectivity index (χ0) is 13.3. The molecule has 5 nitrogen and oxygen atoms in total. The van der Waals surface area contributed by atoms with E-state index in [-0.39, 0.29) is 17.9 Å². The average molecular weight is 258 g/mol. The molecule has 98 valence electrons. The minimum atomic E-state index is -0.138. The Morgan fingerprint density at radius 3 is 2.95 bits per heavy atom. The molecule has 1 aromatic rings. The Hall–Kier alpha value is -2.06. The Kier molecular flexibility index (Phi) is 2.88. The van der Waals surface area contributed by atoms with Crippen molar-refractivity contribution in [2.75, 3.05) is 25.1 Å². The Morgan fingerprint density at radius 2 is 2.26 bits per heavy atom. The number of ether oxygens (including phenoxy) is 2. The first kappa shape index (κ1) is 12.0. The van der Waals surface area contributed by atoms with Crippen molar-refractivity contribution in [3.05, 3.63) is 23.8 Å². The van der Waals surface area contributed by atoms with Gasteiger partial charge >= 0.3 is 0 Å². The van der Waals surface area contributed by atoms with E-state index in [1.807, 2.05) is 18.2 Å². The van der Waals surface area contributed by atoms with E-state index in [4.69, 9.17) is 14.7 Å². The third kappa shape index (κ3) is 2.04. The van der Waals surface area contributed by atoms with E-state index in [1.54, 1.807) is 0 Å². The lowest BCUT2D eigenvalue weighted by molar-refractivity contribution is -0.118. The molecule has 0 aliphatic carbocycles. The number of nitrogens with zero attached hydrogens (tertiary/aromatic N) is 1. The number of benzene rings is 1. The monoisotopic (exact) mass is 258 g/mol. The number of carbonyl (C=O) groups excluding carboxylic acids is 1. The molecule has 2 heterocycles. The summed E-state index contributed by atoms with van der Waals surface area (Å²) in [5, 5.41) is 11.6. The van der Waals surface area contributed by atoms with E-state index < -0.39 is 0 Å². The van der Waals surface area contributed by atoms with Gasteiger partial charge in [-0.3, -0.25) is 4.79 Å². The van der Waals surface area contributed by atoms with Crippen molar-refractivity contribution >= 4 is 11.6 Å². The van der Waals surface area contributed by atoms with Crippen LogP contribution in [-0.2, 0) is 14.9 Å². The molecule has 0 unspecified atom stereocenters. The number of rotatable bonds is 3. The van der Waals surface area contributed by atoms with Crippen LogP contribution in [0.1, 0.15) is 18.4 Å². The maximum atomic E-state index is 11.3. The molecule has 1 saturated heterocycles. The predicted molar refractivity (Wildman–Crippen MR) is 67.9 cm³/mol. The van der Waals surface area contributed by atoms with Crippen LogP contribution in [0.5, 0.6) is 5.75 Å². The van der Waals surface area contributed by atoms with Gasteiger partial charge < -0.3 is 14.8 Å². The van der Waals surface area contributed by atoms with Crippen LogP contribution >= 0.6 is 0 Å². The number of carbonyl (C=O) groups is 1. The van der Waals surface area contributed by atoms with Crippen LogP contribution in [0.3, 0.4) is 0 Å². The first-order chi connectivity index (χ1) is 9.23. The van der Waals surface area contributed by atoms with Crippen LogP contribution in [-0.4, -0.2) is 25.7 Å². The van der Waals surface area contributed by atoms with E-state index in [0.29, 0.717) is 31.1 Å². The normalized spacial score (nSPS) is 19.4. The minimum absolute atomic E-state index is 0.0645. The van der Waals surface area contributed by atoms with Gasteiger partial charge in [-0.2, -0.15) is 5.26 Å². The van der Waals surface area contributed by atoms with Gasteiger partial charge in [-0.25, -0.2) is 0 Å². The summed E-state index contributed by atoms with van der Waals surface area (Å²) in [6.07, 6.45) is 1.28. The average Bonchev–Trinajstić information content (AvgIpc) is 2.37. The largest absolute Gasteiger partial charge is 0.482 e. The van der Waals surface area contributed by atoms with Crippen LogP contribution in [0, 0.1) is 11.3 Å². The quantitative estimate of drug-likeness (QED) is 0.893. The van der Waals surface area contributed by atoms with Crippen LogP contribution in [0.2, 0.25) is 0 Å². The van der Waals surface area contributed by atoms with Gasteiger partial charge in [-0.1, -0.05) is 6.07 Å². The Morgan fingerprint density at radius 1 is 1.42 bits per heavy atom. The predicted octanol–water partition coefficient (Wildman–Crippen LogP) is 1.59. The Labute approximate surface area is 111 Å². The molecule has 0 radical (unpaired) electrons. The number of hydrogen-bond acceptors (Lipinski definition) is 4. The topological polar surface area (TPSA) is 71.4 Å². The zero-order valence-electron chi connectivity index (χ0n) is 10.4. The molecule has 3 rings (SSSR count). The summed E-state index contributed by atoms with van der Waals surface area (Å²) in [6, 6.07) is 7.99. The molecule has 0 aromatic heterocycles. The summed E-state index contributed by atoms with van der Waals surface area (Å²) in [7, 11) is 0. The van der Waals surface area contributed by atoms with Crippen molar-refractivity contribution in [1.82, 2.24) is 0 Å². The second-order valence-corrected chi connectivity index (χ2v) is 4.98. The molecule has 2 aliphatic rings. The maximum Gasteiger partial charge on any atom is 0.262 e. The summed E-state index contributed by atoms with van der Waals surface area (Å²) in [4.78, 5) is 11.3. The first-order valence-corrected chi connectivity index (χ1v) is 6.25. The highest BCUT2D eigenvalue weighted by Gasteiger charge is 2.40. The summed E-state index contributed by atoms with van der Waals surface area (Å²) in [5.41, 5.74) is 1.71. The fourth-order valence-corrected chi connectivity index (χ4v) is 2.51. The van der Waals surface area contributed by atoms with Gasteiger partial charge in [0.25, 0.3) is 5.91 Å². The third-order valence-electron chi connectivity index (χ3n) is 3.70. The van der Waals surface area contributed by atoms with Gasteiger partial charge in [0.2, 0.25) is 0 Å². The molecule has 1 N–H and O–H groups in total. The standard InChI is InChI=1S/C14H14N2O3/c15-5-1-4-14(8-18-9-14)10-2-3-12-11(6-10)16-13(17)7-19-12/h2-3,6H,1,4,7-9H2,(H,16,17). The molecule has 0 bridgehead atoms. The second kappa shape index (κ2) is 4.56. The fraction of sp³-hybridized carbons (Fsp3) is 0.429. The highest BCUT2D eigenvalue weighted by atomic mass is 16.5. The van der Waals surface area contributed by atoms with Crippen molar-refractivity contribution in [2.45, 2.75) is 18.3 Å². The van der Waals surface area contributed by atoms with Gasteiger partial charge in [0.1, 0.15) is 5.75 Å². The van der Waals surface area contributed by atoms with Crippen molar-refractivity contribution in [2.24, 2.45) is 0 Å². The Balaban J connectivity index is 1.90. The highest BCUT2D eigenvalue weighted by molar-refractivity contribution is 5.95. The molecular weight excluding hydrogens is 244 g/mol. The fourth-order valence-electron chi connectivity index (χ4n) is 2.51. The van der Waals surface area contributed by atoms with Crippen LogP contribution in [0.15, 0.2) is 18.2 Å². The first-order valence-electron chi connectivity index (χ1n) is 6.25. The lowest BCUT2D eigenvalue weighted by atomic mass is 9.75. The summed E-state index contributed by atoms with van der Waals surface area (Å²) < 4.78 is 10.7. The van der Waals surface area contributed by atoms with Gasteiger partial charge in [-0.05, 0) is 24.1 Å². The van der Waals surface area contributed by atoms with E-state index >= 15 is 0 Å². The number of amides is 1. The van der Waals surface area contributed by atoms with Crippen molar-refractivity contribution in [3.8, 4) is 11.8 Å². The molecule has 19 heavy (non-hydrogen) atoms. The maximum absolute atomic E-state index is 11.3.